The number of nitrogens with zero attached hydrogens (tertiary/aromatic N) is 1. The molecule has 0 saturated carbocycles. The number of benzene rings is 1. The zero-order valence-electron chi connectivity index (χ0n) is 8.88. The monoisotopic (exact) mass is 243 g/mol. The minimum absolute atomic E-state index is 0.00773. The number of thioether (sulfide) groups is 1. The number of phenols is 1. The molecule has 0 unspecified atom stereocenters. The number of allylic oxidation sites excluding steroid dienone is 3. The van der Waals surface area contributed by atoms with E-state index in [1.807, 2.05) is 0 Å². The van der Waals surface area contributed by atoms with E-state index in [1.54, 1.807) is 42.1 Å². The van der Waals surface area contributed by atoms with Crippen LogP contribution in [0.5, 0.6) is 5.75 Å². The third-order valence-electron chi connectivity index (χ3n) is 2.62. The number of rotatable bonds is 0. The van der Waals surface area contributed by atoms with Gasteiger partial charge in [-0.3, -0.25) is 4.79 Å². The molecule has 0 fully saturated rings. The maximum absolute atomic E-state index is 11.3. The molecule has 3 rings (SSSR count). The van der Waals surface area contributed by atoms with Gasteiger partial charge < -0.3 is 5.11 Å². The van der Waals surface area contributed by atoms with Crippen LogP contribution in [-0.2, 0) is 4.79 Å². The molecule has 1 aliphatic carbocycles. The SMILES string of the molecule is O=C1C=CC2=Nc3ccc(O)cc3SCC2=C1. The van der Waals surface area contributed by atoms with Gasteiger partial charge in [0.15, 0.2) is 5.78 Å². The van der Waals surface area contributed by atoms with Crippen LogP contribution in [0.15, 0.2) is 51.9 Å². The molecule has 1 aromatic rings. The Balaban J connectivity index is 2.11. The minimum atomic E-state index is 0.00773. The maximum Gasteiger partial charge on any atom is 0.179 e. The summed E-state index contributed by atoms with van der Waals surface area (Å²) in [5, 5.41) is 9.44. The van der Waals surface area contributed by atoms with Gasteiger partial charge in [-0.2, -0.15) is 0 Å². The van der Waals surface area contributed by atoms with Crippen molar-refractivity contribution in [3.05, 3.63) is 42.0 Å². The van der Waals surface area contributed by atoms with Crippen LogP contribution in [0.3, 0.4) is 0 Å². The fraction of sp³-hybridized carbons (Fsp3) is 0.0769. The van der Waals surface area contributed by atoms with Gasteiger partial charge in [-0.05, 0) is 42.0 Å². The van der Waals surface area contributed by atoms with Crippen molar-refractivity contribution in [2.45, 2.75) is 4.90 Å². The van der Waals surface area contributed by atoms with Crippen LogP contribution in [-0.4, -0.2) is 22.4 Å². The zero-order valence-corrected chi connectivity index (χ0v) is 9.70. The third-order valence-corrected chi connectivity index (χ3v) is 3.71. The van der Waals surface area contributed by atoms with E-state index >= 15 is 0 Å². The fourth-order valence-electron chi connectivity index (χ4n) is 1.78. The molecule has 1 aliphatic heterocycles. The Morgan fingerprint density at radius 3 is 3.06 bits per heavy atom. The molecule has 0 saturated heterocycles. The molecule has 2 aliphatic rings. The zero-order chi connectivity index (χ0) is 11.8. The quantitative estimate of drug-likeness (QED) is 0.713. The molecule has 3 nitrogen and oxygen atoms in total. The first-order chi connectivity index (χ1) is 8.22. The summed E-state index contributed by atoms with van der Waals surface area (Å²) in [7, 11) is 0. The van der Waals surface area contributed by atoms with Gasteiger partial charge in [-0.25, -0.2) is 4.99 Å². The first-order valence-electron chi connectivity index (χ1n) is 5.20. The lowest BCUT2D eigenvalue weighted by Crippen LogP contribution is -2.08. The Morgan fingerprint density at radius 1 is 1.29 bits per heavy atom. The van der Waals surface area contributed by atoms with Crippen LogP contribution in [0.1, 0.15) is 0 Å². The van der Waals surface area contributed by atoms with Crippen LogP contribution >= 0.6 is 11.8 Å². The molecular formula is C13H9NO2S. The van der Waals surface area contributed by atoms with Crippen molar-refractivity contribution in [3.63, 3.8) is 0 Å². The van der Waals surface area contributed by atoms with E-state index in [2.05, 4.69) is 4.99 Å². The molecule has 0 aromatic heterocycles. The molecule has 0 amide bonds. The van der Waals surface area contributed by atoms with Crippen molar-refractivity contribution in [2.75, 3.05) is 5.75 Å². The molecule has 1 N–H and O–H groups in total. The van der Waals surface area contributed by atoms with Gasteiger partial charge in [-0.15, -0.1) is 11.8 Å². The first-order valence-corrected chi connectivity index (χ1v) is 6.18. The second-order valence-corrected chi connectivity index (χ2v) is 4.86. The van der Waals surface area contributed by atoms with Gasteiger partial charge >= 0.3 is 0 Å². The number of hydrogen-bond acceptors (Lipinski definition) is 4. The van der Waals surface area contributed by atoms with E-state index < -0.39 is 0 Å². The topological polar surface area (TPSA) is 49.7 Å². The molecule has 84 valence electrons. The third kappa shape index (κ3) is 1.91. The second-order valence-electron chi connectivity index (χ2n) is 3.84. The van der Waals surface area contributed by atoms with E-state index in [1.165, 1.54) is 6.08 Å². The Labute approximate surface area is 103 Å². The molecule has 17 heavy (non-hydrogen) atoms. The Hall–Kier alpha value is -1.81. The summed E-state index contributed by atoms with van der Waals surface area (Å²) in [5.74, 6) is 0.945. The highest BCUT2D eigenvalue weighted by Crippen LogP contribution is 2.37. The van der Waals surface area contributed by atoms with Crippen molar-refractivity contribution in [1.29, 1.82) is 0 Å². The first kappa shape index (κ1) is 10.4. The largest absolute Gasteiger partial charge is 0.508 e. The van der Waals surface area contributed by atoms with Crippen LogP contribution in [0.25, 0.3) is 0 Å². The average Bonchev–Trinajstić information content (AvgIpc) is 2.48. The van der Waals surface area contributed by atoms with Gasteiger partial charge in [0.2, 0.25) is 0 Å². The summed E-state index contributed by atoms with van der Waals surface area (Å²) in [4.78, 5) is 16.7. The predicted octanol–water partition coefficient (Wildman–Crippen LogP) is 2.64. The van der Waals surface area contributed by atoms with Gasteiger partial charge in [0.25, 0.3) is 0 Å². The molecule has 0 radical (unpaired) electrons. The van der Waals surface area contributed by atoms with Gasteiger partial charge in [0, 0.05) is 10.6 Å². The summed E-state index contributed by atoms with van der Waals surface area (Å²) < 4.78 is 0. The highest BCUT2D eigenvalue weighted by molar-refractivity contribution is 7.99. The molecule has 0 atom stereocenters. The van der Waals surface area contributed by atoms with E-state index in [9.17, 15) is 9.90 Å². The van der Waals surface area contributed by atoms with Crippen LogP contribution in [0.4, 0.5) is 5.69 Å². The highest BCUT2D eigenvalue weighted by atomic mass is 32.2. The summed E-state index contributed by atoms with van der Waals surface area (Å²) >= 11 is 1.58. The average molecular weight is 243 g/mol. The highest BCUT2D eigenvalue weighted by Gasteiger charge is 2.17. The molecule has 1 aromatic carbocycles. The van der Waals surface area contributed by atoms with Gasteiger partial charge in [0.05, 0.1) is 11.4 Å². The number of hydrogen-bond donors (Lipinski definition) is 1. The van der Waals surface area contributed by atoms with E-state index in [0.29, 0.717) is 5.75 Å². The van der Waals surface area contributed by atoms with Gasteiger partial charge in [-0.1, -0.05) is 0 Å². The van der Waals surface area contributed by atoms with Crippen LogP contribution < -0.4 is 0 Å². The molecule has 0 bridgehead atoms. The lowest BCUT2D eigenvalue weighted by atomic mass is 10.0. The maximum atomic E-state index is 11.3. The minimum Gasteiger partial charge on any atom is -0.508 e. The Kier molecular flexibility index (Phi) is 2.37. The predicted molar refractivity (Wildman–Crippen MR) is 68.2 cm³/mol. The molecular weight excluding hydrogens is 234 g/mol. The lowest BCUT2D eigenvalue weighted by Gasteiger charge is -2.06. The number of fused-ring (bicyclic) bond motifs is 2. The number of carbonyl (C=O) groups excluding carboxylic acids is 1. The normalized spacial score (nSPS) is 17.8. The lowest BCUT2D eigenvalue weighted by molar-refractivity contribution is -0.110. The van der Waals surface area contributed by atoms with E-state index in [0.717, 1.165) is 21.9 Å². The smallest absolute Gasteiger partial charge is 0.179 e. The van der Waals surface area contributed by atoms with E-state index in [-0.39, 0.29) is 11.5 Å². The second kappa shape index (κ2) is 3.89. The Morgan fingerprint density at radius 2 is 2.18 bits per heavy atom. The fourth-order valence-corrected chi connectivity index (χ4v) is 2.79. The van der Waals surface area contributed by atoms with Gasteiger partial charge in [0.1, 0.15) is 5.75 Å². The van der Waals surface area contributed by atoms with Crippen molar-refractivity contribution in [3.8, 4) is 5.75 Å². The van der Waals surface area contributed by atoms with Crippen molar-refractivity contribution < 1.29 is 9.90 Å². The summed E-state index contributed by atoms with van der Waals surface area (Å²) in [5.41, 5.74) is 2.62. The standard InChI is InChI=1S/C13H9NO2S/c15-9-1-3-11-8(5-9)7-17-13-6-10(16)2-4-12(13)14-11/h1-6,16H,7H2. The number of phenolic OH excluding ortho intramolecular Hbond substituents is 1. The molecule has 1 heterocycles. The number of aliphatic imine (C=N–C) groups is 1. The molecule has 4 heteroatoms. The Bertz CT molecular complexity index is 599. The summed E-state index contributed by atoms with van der Waals surface area (Å²) in [6, 6.07) is 5.11. The summed E-state index contributed by atoms with van der Waals surface area (Å²) in [6.07, 6.45) is 4.90. The van der Waals surface area contributed by atoms with Crippen molar-refractivity contribution >= 4 is 28.9 Å². The number of aromatic hydroxyl groups is 1. The number of ketones is 1. The van der Waals surface area contributed by atoms with Crippen molar-refractivity contribution in [1.82, 2.24) is 0 Å². The summed E-state index contributed by atoms with van der Waals surface area (Å²) in [6.45, 7) is 0. The van der Waals surface area contributed by atoms with E-state index in [4.69, 9.17) is 0 Å². The molecule has 0 spiro atoms. The van der Waals surface area contributed by atoms with Crippen LogP contribution in [0, 0.1) is 0 Å². The number of carbonyl (C=O) groups is 1. The van der Waals surface area contributed by atoms with Crippen LogP contribution in [0.2, 0.25) is 0 Å². The van der Waals surface area contributed by atoms with Crippen molar-refractivity contribution in [2.24, 2.45) is 4.99 Å².